The van der Waals surface area contributed by atoms with Gasteiger partial charge >= 0.3 is 0 Å². The third-order valence-electron chi connectivity index (χ3n) is 7.27. The van der Waals surface area contributed by atoms with Crippen molar-refractivity contribution in [1.82, 2.24) is 15.1 Å². The molecule has 1 aromatic heterocycles. The quantitative estimate of drug-likeness (QED) is 0.624. The van der Waals surface area contributed by atoms with Crippen LogP contribution in [0.2, 0.25) is 0 Å². The number of alkyl halides is 1. The number of nitrogens with one attached hydrogen (secondary N) is 1. The number of carbonyl (C=O) groups is 1. The molecule has 2 aliphatic rings. The first-order chi connectivity index (χ1) is 14.3. The summed E-state index contributed by atoms with van der Waals surface area (Å²) in [6.07, 6.45) is 9.33. The smallest absolute Gasteiger partial charge is 0.260 e. The SMILES string of the molecule is CCCC(C)(F)C(=O)N1CCCC(c2cc[nH]n2)C1COC1CCC(C(C)C)CC1. The van der Waals surface area contributed by atoms with Crippen LogP contribution in [0.4, 0.5) is 4.39 Å². The highest BCUT2D eigenvalue weighted by Crippen LogP contribution is 2.36. The highest BCUT2D eigenvalue weighted by Gasteiger charge is 2.43. The summed E-state index contributed by atoms with van der Waals surface area (Å²) in [4.78, 5) is 14.9. The molecule has 1 saturated carbocycles. The minimum absolute atomic E-state index is 0.0818. The first kappa shape index (κ1) is 23.2. The maximum absolute atomic E-state index is 15.2. The molecule has 1 aliphatic heterocycles. The fraction of sp³-hybridized carbons (Fsp3) is 0.833. The second-order valence-corrected chi connectivity index (χ2v) is 9.88. The first-order valence-corrected chi connectivity index (χ1v) is 11.9. The zero-order valence-electron chi connectivity index (χ0n) is 19.2. The van der Waals surface area contributed by atoms with Crippen LogP contribution in [0.5, 0.6) is 0 Å². The number of piperidine rings is 1. The van der Waals surface area contributed by atoms with Crippen molar-refractivity contribution in [3.05, 3.63) is 18.0 Å². The van der Waals surface area contributed by atoms with Crippen LogP contribution in [0.25, 0.3) is 0 Å². The van der Waals surface area contributed by atoms with Crippen molar-refractivity contribution in [2.45, 2.75) is 103 Å². The summed E-state index contributed by atoms with van der Waals surface area (Å²) in [5, 5.41) is 7.29. The fourth-order valence-electron chi connectivity index (χ4n) is 5.37. The first-order valence-electron chi connectivity index (χ1n) is 11.9. The molecule has 6 heteroatoms. The lowest BCUT2D eigenvalue weighted by molar-refractivity contribution is -0.151. The Balaban J connectivity index is 1.71. The van der Waals surface area contributed by atoms with Crippen molar-refractivity contribution in [2.24, 2.45) is 11.8 Å². The van der Waals surface area contributed by atoms with Crippen LogP contribution in [-0.2, 0) is 9.53 Å². The van der Waals surface area contributed by atoms with Crippen molar-refractivity contribution < 1.29 is 13.9 Å². The number of likely N-dealkylation sites (tertiary alicyclic amines) is 1. The van der Waals surface area contributed by atoms with Gasteiger partial charge in [0.25, 0.3) is 5.91 Å². The summed E-state index contributed by atoms with van der Waals surface area (Å²) in [6, 6.07) is 1.81. The Bertz CT molecular complexity index is 653. The number of aromatic nitrogens is 2. The Morgan fingerprint density at radius 3 is 2.67 bits per heavy atom. The molecule has 1 saturated heterocycles. The van der Waals surface area contributed by atoms with Crippen molar-refractivity contribution in [1.29, 1.82) is 0 Å². The normalized spacial score (nSPS) is 29.7. The number of hydrogen-bond acceptors (Lipinski definition) is 3. The number of aromatic amines is 1. The van der Waals surface area contributed by atoms with Crippen molar-refractivity contribution in [3.8, 4) is 0 Å². The molecule has 1 aromatic rings. The molecule has 1 aliphatic carbocycles. The zero-order chi connectivity index (χ0) is 21.7. The van der Waals surface area contributed by atoms with Gasteiger partial charge < -0.3 is 9.64 Å². The molecule has 0 bridgehead atoms. The van der Waals surface area contributed by atoms with Crippen molar-refractivity contribution in [2.75, 3.05) is 13.2 Å². The van der Waals surface area contributed by atoms with Gasteiger partial charge in [0.15, 0.2) is 5.67 Å². The number of H-pyrrole nitrogens is 1. The molecule has 0 radical (unpaired) electrons. The van der Waals surface area contributed by atoms with Crippen molar-refractivity contribution >= 4 is 5.91 Å². The molecule has 170 valence electrons. The van der Waals surface area contributed by atoms with Gasteiger partial charge in [0, 0.05) is 18.7 Å². The van der Waals surface area contributed by atoms with Crippen LogP contribution in [0, 0.1) is 11.8 Å². The summed E-state index contributed by atoms with van der Waals surface area (Å²) in [5.41, 5.74) is -0.879. The van der Waals surface area contributed by atoms with Gasteiger partial charge in [-0.05, 0) is 69.8 Å². The number of carbonyl (C=O) groups excluding carboxylic acids is 1. The van der Waals surface area contributed by atoms with Gasteiger partial charge in [-0.1, -0.05) is 27.2 Å². The van der Waals surface area contributed by atoms with E-state index >= 15 is 4.39 Å². The highest BCUT2D eigenvalue weighted by atomic mass is 19.1. The Morgan fingerprint density at radius 1 is 1.33 bits per heavy atom. The van der Waals surface area contributed by atoms with Gasteiger partial charge in [-0.15, -0.1) is 0 Å². The Morgan fingerprint density at radius 2 is 2.07 bits per heavy atom. The second kappa shape index (κ2) is 10.3. The largest absolute Gasteiger partial charge is 0.376 e. The number of ether oxygens (including phenoxy) is 1. The van der Waals surface area contributed by atoms with Crippen LogP contribution in [-0.4, -0.2) is 52.0 Å². The number of halogens is 1. The monoisotopic (exact) mass is 421 g/mol. The van der Waals surface area contributed by atoms with Crippen LogP contribution >= 0.6 is 0 Å². The Labute approximate surface area is 181 Å². The lowest BCUT2D eigenvalue weighted by Crippen LogP contribution is -2.55. The summed E-state index contributed by atoms with van der Waals surface area (Å²) >= 11 is 0. The molecule has 2 fully saturated rings. The summed E-state index contributed by atoms with van der Waals surface area (Å²) < 4.78 is 21.5. The van der Waals surface area contributed by atoms with Crippen LogP contribution < -0.4 is 0 Å². The van der Waals surface area contributed by atoms with E-state index in [1.807, 2.05) is 19.2 Å². The molecule has 1 N–H and O–H groups in total. The van der Waals surface area contributed by atoms with E-state index < -0.39 is 5.67 Å². The molecule has 0 spiro atoms. The number of hydrogen-bond donors (Lipinski definition) is 1. The maximum Gasteiger partial charge on any atom is 0.260 e. The van der Waals surface area contributed by atoms with Gasteiger partial charge in [-0.25, -0.2) is 4.39 Å². The lowest BCUT2D eigenvalue weighted by atomic mass is 9.80. The second-order valence-electron chi connectivity index (χ2n) is 9.88. The third-order valence-corrected chi connectivity index (χ3v) is 7.27. The summed E-state index contributed by atoms with van der Waals surface area (Å²) in [5.74, 6) is 1.21. The topological polar surface area (TPSA) is 58.2 Å². The predicted molar refractivity (Wildman–Crippen MR) is 117 cm³/mol. The van der Waals surface area contributed by atoms with Gasteiger partial charge in [-0.3, -0.25) is 9.89 Å². The summed E-state index contributed by atoms with van der Waals surface area (Å²) in [6.45, 7) is 9.01. The number of rotatable bonds is 8. The minimum Gasteiger partial charge on any atom is -0.376 e. The Hall–Kier alpha value is -1.43. The van der Waals surface area contributed by atoms with Crippen LogP contribution in [0.15, 0.2) is 12.3 Å². The van der Waals surface area contributed by atoms with Gasteiger partial charge in [0.2, 0.25) is 0 Å². The van der Waals surface area contributed by atoms with E-state index in [0.29, 0.717) is 19.6 Å². The average Bonchev–Trinajstić information content (AvgIpc) is 3.26. The minimum atomic E-state index is -1.82. The van der Waals surface area contributed by atoms with E-state index in [-0.39, 0.29) is 30.4 Å². The molecule has 1 amide bonds. The molecule has 0 aromatic carbocycles. The number of amides is 1. The van der Waals surface area contributed by atoms with E-state index in [0.717, 1.165) is 43.2 Å². The molecule has 30 heavy (non-hydrogen) atoms. The van der Waals surface area contributed by atoms with Gasteiger partial charge in [-0.2, -0.15) is 5.10 Å². The Kier molecular flexibility index (Phi) is 7.94. The van der Waals surface area contributed by atoms with E-state index in [2.05, 4.69) is 24.0 Å². The predicted octanol–water partition coefficient (Wildman–Crippen LogP) is 5.24. The molecule has 3 atom stereocenters. The molecular formula is C24H40FN3O2. The van der Waals surface area contributed by atoms with E-state index in [1.54, 1.807) is 4.90 Å². The van der Waals surface area contributed by atoms with Gasteiger partial charge in [0.05, 0.1) is 24.4 Å². The average molecular weight is 422 g/mol. The van der Waals surface area contributed by atoms with Crippen LogP contribution in [0.1, 0.15) is 90.7 Å². The van der Waals surface area contributed by atoms with Crippen LogP contribution in [0.3, 0.4) is 0 Å². The fourth-order valence-corrected chi connectivity index (χ4v) is 5.37. The molecule has 2 heterocycles. The molecular weight excluding hydrogens is 381 g/mol. The van der Waals surface area contributed by atoms with E-state index in [1.165, 1.54) is 19.8 Å². The molecule has 3 rings (SSSR count). The third kappa shape index (κ3) is 5.43. The maximum atomic E-state index is 15.2. The van der Waals surface area contributed by atoms with Gasteiger partial charge in [0.1, 0.15) is 0 Å². The van der Waals surface area contributed by atoms with E-state index in [9.17, 15) is 4.79 Å². The molecule has 5 nitrogen and oxygen atoms in total. The summed E-state index contributed by atoms with van der Waals surface area (Å²) in [7, 11) is 0. The lowest BCUT2D eigenvalue weighted by Gasteiger charge is -2.43. The number of nitrogens with zero attached hydrogens (tertiary/aromatic N) is 2. The highest BCUT2D eigenvalue weighted by molar-refractivity contribution is 5.85. The molecule has 3 unspecified atom stereocenters. The zero-order valence-corrected chi connectivity index (χ0v) is 19.2. The van der Waals surface area contributed by atoms with Crippen molar-refractivity contribution in [3.63, 3.8) is 0 Å². The standard InChI is InChI=1S/C24H40FN3O2/c1-5-13-24(4,25)23(29)28-15-6-7-20(21-12-14-26-27-21)22(28)16-30-19-10-8-18(9-11-19)17(2)3/h12,14,17-20,22H,5-11,13,15-16H2,1-4H3,(H,26,27). The van der Waals surface area contributed by atoms with E-state index in [4.69, 9.17) is 4.74 Å².